The van der Waals surface area contributed by atoms with Gasteiger partial charge in [0.15, 0.2) is 0 Å². The molecule has 0 aromatic heterocycles. The summed E-state index contributed by atoms with van der Waals surface area (Å²) in [6, 6.07) is 8.33. The predicted molar refractivity (Wildman–Crippen MR) is 81.9 cm³/mol. The summed E-state index contributed by atoms with van der Waals surface area (Å²) in [5.41, 5.74) is 2.27. The quantitative estimate of drug-likeness (QED) is 0.808. The van der Waals surface area contributed by atoms with Crippen LogP contribution in [0.25, 0.3) is 0 Å². The number of carbonyl (C=O) groups excluding carboxylic acids is 1. The van der Waals surface area contributed by atoms with Crippen molar-refractivity contribution in [3.63, 3.8) is 0 Å². The fourth-order valence-electron chi connectivity index (χ4n) is 4.32. The fourth-order valence-corrected chi connectivity index (χ4v) is 4.32. The van der Waals surface area contributed by atoms with E-state index in [1.165, 1.54) is 31.2 Å². The van der Waals surface area contributed by atoms with Crippen LogP contribution in [0.4, 0.5) is 0 Å². The largest absolute Gasteiger partial charge is 0.339 e. The van der Waals surface area contributed by atoms with Crippen molar-refractivity contribution in [2.75, 3.05) is 13.1 Å². The first-order valence-electron chi connectivity index (χ1n) is 8.12. The normalized spacial score (nSPS) is 27.8. The summed E-state index contributed by atoms with van der Waals surface area (Å²) in [6.45, 7) is 5.70. The van der Waals surface area contributed by atoms with Crippen molar-refractivity contribution in [2.24, 2.45) is 11.8 Å². The third-order valence-electron chi connectivity index (χ3n) is 5.38. The molecule has 1 amide bonds. The standard InChI is InChI=1S/C18H25NO/c1-3-19(4-2)18(20)16-8-6-5-7-15(16)17-12-13-9-10-14(17)11-13/h5-8,13-14,17H,3-4,9-12H2,1-2H3. The Morgan fingerprint density at radius 3 is 2.50 bits per heavy atom. The number of hydrogen-bond donors (Lipinski definition) is 0. The van der Waals surface area contributed by atoms with Gasteiger partial charge < -0.3 is 4.90 Å². The zero-order valence-corrected chi connectivity index (χ0v) is 12.6. The predicted octanol–water partition coefficient (Wildman–Crippen LogP) is 4.07. The smallest absolute Gasteiger partial charge is 0.254 e. The molecule has 1 aromatic carbocycles. The van der Waals surface area contributed by atoms with Gasteiger partial charge in [-0.05, 0) is 62.5 Å². The zero-order chi connectivity index (χ0) is 14.1. The van der Waals surface area contributed by atoms with E-state index in [-0.39, 0.29) is 5.91 Å². The summed E-state index contributed by atoms with van der Waals surface area (Å²) in [5, 5.41) is 0. The van der Waals surface area contributed by atoms with Crippen LogP contribution in [0.2, 0.25) is 0 Å². The highest BCUT2D eigenvalue weighted by molar-refractivity contribution is 5.96. The average molecular weight is 271 g/mol. The average Bonchev–Trinajstić information content (AvgIpc) is 3.11. The highest BCUT2D eigenvalue weighted by Gasteiger charge is 2.41. The molecule has 3 unspecified atom stereocenters. The van der Waals surface area contributed by atoms with Crippen LogP contribution in [0.1, 0.15) is 61.4 Å². The molecule has 2 bridgehead atoms. The van der Waals surface area contributed by atoms with Gasteiger partial charge in [0, 0.05) is 18.7 Å². The second-order valence-corrected chi connectivity index (χ2v) is 6.35. The molecule has 2 heteroatoms. The van der Waals surface area contributed by atoms with Crippen LogP contribution in [0.15, 0.2) is 24.3 Å². The molecule has 2 fully saturated rings. The van der Waals surface area contributed by atoms with E-state index < -0.39 is 0 Å². The monoisotopic (exact) mass is 271 g/mol. The molecule has 0 heterocycles. The SMILES string of the molecule is CCN(CC)C(=O)c1ccccc1C1CC2CCC1C2. The Hall–Kier alpha value is -1.31. The minimum Gasteiger partial charge on any atom is -0.339 e. The first-order valence-corrected chi connectivity index (χ1v) is 8.12. The first kappa shape index (κ1) is 13.7. The van der Waals surface area contributed by atoms with E-state index in [1.54, 1.807) is 0 Å². The van der Waals surface area contributed by atoms with E-state index in [1.807, 2.05) is 17.0 Å². The molecule has 0 radical (unpaired) electrons. The molecule has 2 saturated carbocycles. The number of fused-ring (bicyclic) bond motifs is 2. The van der Waals surface area contributed by atoms with Gasteiger partial charge in [-0.2, -0.15) is 0 Å². The van der Waals surface area contributed by atoms with Crippen molar-refractivity contribution in [2.45, 2.75) is 45.4 Å². The molecule has 108 valence electrons. The van der Waals surface area contributed by atoms with E-state index in [4.69, 9.17) is 0 Å². The summed E-state index contributed by atoms with van der Waals surface area (Å²) in [4.78, 5) is 14.7. The Morgan fingerprint density at radius 2 is 1.90 bits per heavy atom. The van der Waals surface area contributed by atoms with Crippen LogP contribution in [0, 0.1) is 11.8 Å². The number of nitrogens with zero attached hydrogens (tertiary/aromatic N) is 1. The molecule has 1 aromatic rings. The number of rotatable bonds is 4. The minimum atomic E-state index is 0.216. The second kappa shape index (κ2) is 5.59. The van der Waals surface area contributed by atoms with E-state index >= 15 is 0 Å². The number of amides is 1. The summed E-state index contributed by atoms with van der Waals surface area (Å²) in [5.74, 6) is 2.59. The Balaban J connectivity index is 1.90. The highest BCUT2D eigenvalue weighted by Crippen LogP contribution is 2.53. The lowest BCUT2D eigenvalue weighted by Crippen LogP contribution is -2.31. The Morgan fingerprint density at radius 1 is 1.15 bits per heavy atom. The zero-order valence-electron chi connectivity index (χ0n) is 12.6. The molecule has 0 saturated heterocycles. The molecule has 0 N–H and O–H groups in total. The third kappa shape index (κ3) is 2.25. The molecule has 0 spiro atoms. The maximum Gasteiger partial charge on any atom is 0.254 e. The van der Waals surface area contributed by atoms with Crippen molar-refractivity contribution in [3.8, 4) is 0 Å². The summed E-state index contributed by atoms with van der Waals surface area (Å²) >= 11 is 0. The number of benzene rings is 1. The maximum atomic E-state index is 12.7. The fraction of sp³-hybridized carbons (Fsp3) is 0.611. The first-order chi connectivity index (χ1) is 9.74. The van der Waals surface area contributed by atoms with Gasteiger partial charge >= 0.3 is 0 Å². The number of carbonyl (C=O) groups is 1. The van der Waals surface area contributed by atoms with E-state index in [0.29, 0.717) is 5.92 Å². The molecule has 20 heavy (non-hydrogen) atoms. The maximum absolute atomic E-state index is 12.7. The van der Waals surface area contributed by atoms with Crippen molar-refractivity contribution in [3.05, 3.63) is 35.4 Å². The summed E-state index contributed by atoms with van der Waals surface area (Å²) in [7, 11) is 0. The van der Waals surface area contributed by atoms with Gasteiger partial charge in [-0.1, -0.05) is 24.6 Å². The summed E-state index contributed by atoms with van der Waals surface area (Å²) in [6.07, 6.45) is 5.46. The van der Waals surface area contributed by atoms with Crippen molar-refractivity contribution < 1.29 is 4.79 Å². The molecule has 3 rings (SSSR count). The van der Waals surface area contributed by atoms with Crippen LogP contribution in [0.5, 0.6) is 0 Å². The molecular weight excluding hydrogens is 246 g/mol. The van der Waals surface area contributed by atoms with Crippen LogP contribution in [-0.2, 0) is 0 Å². The molecular formula is C18H25NO. The van der Waals surface area contributed by atoms with Gasteiger partial charge in [0.2, 0.25) is 0 Å². The van der Waals surface area contributed by atoms with Gasteiger partial charge in [-0.25, -0.2) is 0 Å². The lowest BCUT2D eigenvalue weighted by atomic mass is 9.81. The highest BCUT2D eigenvalue weighted by atomic mass is 16.2. The molecule has 3 atom stereocenters. The van der Waals surface area contributed by atoms with Crippen LogP contribution < -0.4 is 0 Å². The van der Waals surface area contributed by atoms with E-state index in [9.17, 15) is 4.79 Å². The van der Waals surface area contributed by atoms with Crippen LogP contribution in [0.3, 0.4) is 0 Å². The molecule has 2 aliphatic rings. The lowest BCUT2D eigenvalue weighted by Gasteiger charge is -2.26. The van der Waals surface area contributed by atoms with Crippen LogP contribution >= 0.6 is 0 Å². The minimum absolute atomic E-state index is 0.216. The van der Waals surface area contributed by atoms with E-state index in [2.05, 4.69) is 26.0 Å². The Kier molecular flexibility index (Phi) is 3.82. The second-order valence-electron chi connectivity index (χ2n) is 6.35. The van der Waals surface area contributed by atoms with Crippen molar-refractivity contribution >= 4 is 5.91 Å². The van der Waals surface area contributed by atoms with E-state index in [0.717, 1.165) is 30.5 Å². The van der Waals surface area contributed by atoms with Gasteiger partial charge in [-0.3, -0.25) is 4.79 Å². The molecule has 2 nitrogen and oxygen atoms in total. The van der Waals surface area contributed by atoms with Gasteiger partial charge in [0.25, 0.3) is 5.91 Å². The third-order valence-corrected chi connectivity index (χ3v) is 5.38. The van der Waals surface area contributed by atoms with Gasteiger partial charge in [-0.15, -0.1) is 0 Å². The molecule has 0 aliphatic heterocycles. The van der Waals surface area contributed by atoms with Crippen molar-refractivity contribution in [1.82, 2.24) is 4.90 Å². The van der Waals surface area contributed by atoms with Crippen LogP contribution in [-0.4, -0.2) is 23.9 Å². The molecule has 2 aliphatic carbocycles. The Bertz CT molecular complexity index is 492. The van der Waals surface area contributed by atoms with Gasteiger partial charge in [0.1, 0.15) is 0 Å². The van der Waals surface area contributed by atoms with Gasteiger partial charge in [0.05, 0.1) is 0 Å². The lowest BCUT2D eigenvalue weighted by molar-refractivity contribution is 0.0771. The summed E-state index contributed by atoms with van der Waals surface area (Å²) < 4.78 is 0. The Labute approximate surface area is 122 Å². The topological polar surface area (TPSA) is 20.3 Å². The number of hydrogen-bond acceptors (Lipinski definition) is 1. The van der Waals surface area contributed by atoms with Crippen molar-refractivity contribution in [1.29, 1.82) is 0 Å².